The minimum absolute atomic E-state index is 0.214. The third kappa shape index (κ3) is 4.20. The van der Waals surface area contributed by atoms with E-state index in [0.717, 1.165) is 19.4 Å². The highest BCUT2D eigenvalue weighted by Crippen LogP contribution is 2.17. The Morgan fingerprint density at radius 2 is 2.25 bits per heavy atom. The molecule has 1 unspecified atom stereocenters. The lowest BCUT2D eigenvalue weighted by Crippen LogP contribution is -2.33. The molecule has 1 atom stereocenters. The van der Waals surface area contributed by atoms with Gasteiger partial charge in [-0.2, -0.15) is 0 Å². The van der Waals surface area contributed by atoms with E-state index in [1.807, 2.05) is 0 Å². The number of rotatable bonds is 7. The summed E-state index contributed by atoms with van der Waals surface area (Å²) in [5.41, 5.74) is 1.19. The summed E-state index contributed by atoms with van der Waals surface area (Å²) in [5.74, 6) is 0.513. The smallest absolute Gasteiger partial charge is 0.0941 e. The van der Waals surface area contributed by atoms with Gasteiger partial charge in [0.25, 0.3) is 0 Å². The molecule has 0 saturated heterocycles. The average Bonchev–Trinajstić information content (AvgIpc) is 2.73. The van der Waals surface area contributed by atoms with Crippen LogP contribution in [0.15, 0.2) is 5.38 Å². The van der Waals surface area contributed by atoms with E-state index >= 15 is 0 Å². The molecule has 92 valence electrons. The Morgan fingerprint density at radius 1 is 1.50 bits per heavy atom. The van der Waals surface area contributed by atoms with Crippen molar-refractivity contribution in [1.82, 2.24) is 10.3 Å². The van der Waals surface area contributed by atoms with E-state index in [0.29, 0.717) is 5.92 Å². The quantitative estimate of drug-likeness (QED) is 0.770. The van der Waals surface area contributed by atoms with Crippen LogP contribution < -0.4 is 5.32 Å². The lowest BCUT2D eigenvalue weighted by atomic mass is 10.2. The molecule has 4 heteroatoms. The van der Waals surface area contributed by atoms with Gasteiger partial charge in [0, 0.05) is 24.4 Å². The summed E-state index contributed by atoms with van der Waals surface area (Å²) < 4.78 is 0. The topological polar surface area (TPSA) is 45.1 Å². The van der Waals surface area contributed by atoms with Crippen molar-refractivity contribution in [3.05, 3.63) is 16.1 Å². The van der Waals surface area contributed by atoms with Crippen LogP contribution in [0.5, 0.6) is 0 Å². The molecule has 0 bridgehead atoms. The summed E-state index contributed by atoms with van der Waals surface area (Å²) in [6.07, 6.45) is 1.92. The van der Waals surface area contributed by atoms with Crippen LogP contribution in [0.2, 0.25) is 0 Å². The van der Waals surface area contributed by atoms with Crippen molar-refractivity contribution in [2.45, 2.75) is 45.6 Å². The van der Waals surface area contributed by atoms with Gasteiger partial charge in [-0.25, -0.2) is 4.98 Å². The average molecular weight is 242 g/mol. The van der Waals surface area contributed by atoms with E-state index in [4.69, 9.17) is 5.11 Å². The molecule has 0 aromatic carbocycles. The Labute approximate surface area is 102 Å². The lowest BCUT2D eigenvalue weighted by molar-refractivity contribution is 0.240. The van der Waals surface area contributed by atoms with Crippen molar-refractivity contribution in [3.8, 4) is 0 Å². The highest BCUT2D eigenvalue weighted by molar-refractivity contribution is 7.09. The zero-order valence-corrected chi connectivity index (χ0v) is 11.2. The molecular formula is C12H22N2OS. The number of aliphatic hydroxyl groups is 1. The lowest BCUT2D eigenvalue weighted by Gasteiger charge is -2.12. The third-order valence-electron chi connectivity index (χ3n) is 2.65. The summed E-state index contributed by atoms with van der Waals surface area (Å²) in [4.78, 5) is 4.57. The molecule has 0 aliphatic rings. The fourth-order valence-corrected chi connectivity index (χ4v) is 2.39. The molecule has 0 radical (unpaired) electrons. The largest absolute Gasteiger partial charge is 0.395 e. The highest BCUT2D eigenvalue weighted by atomic mass is 32.1. The molecule has 1 aromatic rings. The maximum Gasteiger partial charge on any atom is 0.0941 e. The van der Waals surface area contributed by atoms with E-state index in [-0.39, 0.29) is 12.6 Å². The van der Waals surface area contributed by atoms with Crippen LogP contribution in [0.3, 0.4) is 0 Å². The first kappa shape index (κ1) is 13.6. The normalized spacial score (nSPS) is 13.3. The number of nitrogens with zero attached hydrogens (tertiary/aromatic N) is 1. The van der Waals surface area contributed by atoms with E-state index in [9.17, 15) is 0 Å². The summed E-state index contributed by atoms with van der Waals surface area (Å²) in [5, 5.41) is 15.7. The third-order valence-corrected chi connectivity index (χ3v) is 3.57. The number of thiazole rings is 1. The first-order chi connectivity index (χ1) is 7.67. The second-order valence-electron chi connectivity index (χ2n) is 4.31. The van der Waals surface area contributed by atoms with Crippen LogP contribution in [0.1, 0.15) is 43.8 Å². The molecule has 0 amide bonds. The second-order valence-corrected chi connectivity index (χ2v) is 5.26. The van der Waals surface area contributed by atoms with Crippen LogP contribution in [-0.2, 0) is 6.42 Å². The van der Waals surface area contributed by atoms with Gasteiger partial charge in [-0.05, 0) is 12.3 Å². The van der Waals surface area contributed by atoms with E-state index < -0.39 is 0 Å². The van der Waals surface area contributed by atoms with Crippen molar-refractivity contribution in [2.24, 2.45) is 0 Å². The van der Waals surface area contributed by atoms with Gasteiger partial charge in [0.15, 0.2) is 0 Å². The van der Waals surface area contributed by atoms with E-state index in [1.54, 1.807) is 11.3 Å². The predicted molar refractivity (Wildman–Crippen MR) is 69.1 cm³/mol. The van der Waals surface area contributed by atoms with Crippen molar-refractivity contribution in [2.75, 3.05) is 13.2 Å². The van der Waals surface area contributed by atoms with Crippen molar-refractivity contribution in [1.29, 1.82) is 0 Å². The molecular weight excluding hydrogens is 220 g/mol. The molecule has 0 fully saturated rings. The minimum Gasteiger partial charge on any atom is -0.395 e. The molecule has 0 spiro atoms. The Morgan fingerprint density at radius 3 is 2.75 bits per heavy atom. The molecule has 3 nitrogen and oxygen atoms in total. The zero-order valence-electron chi connectivity index (χ0n) is 10.4. The van der Waals surface area contributed by atoms with Crippen LogP contribution in [-0.4, -0.2) is 29.3 Å². The Kier molecular flexibility index (Phi) is 5.95. The number of aliphatic hydroxyl groups excluding tert-OH is 1. The molecule has 1 rings (SSSR count). The fraction of sp³-hybridized carbons (Fsp3) is 0.750. The second kappa shape index (κ2) is 6.99. The maximum atomic E-state index is 9.02. The van der Waals surface area contributed by atoms with Crippen LogP contribution in [0.4, 0.5) is 0 Å². The van der Waals surface area contributed by atoms with Crippen LogP contribution in [0.25, 0.3) is 0 Å². The zero-order chi connectivity index (χ0) is 12.0. The van der Waals surface area contributed by atoms with Gasteiger partial charge in [0.1, 0.15) is 0 Å². The summed E-state index contributed by atoms with van der Waals surface area (Å²) in [6.45, 7) is 7.51. The standard InChI is InChI=1S/C12H22N2OS/c1-4-10(7-15)13-6-5-12-14-11(8-16-12)9(2)3/h8-10,13,15H,4-7H2,1-3H3. The number of nitrogens with one attached hydrogen (secondary N) is 1. The SMILES string of the molecule is CCC(CO)NCCc1nc(C(C)C)cs1. The number of aromatic nitrogens is 1. The monoisotopic (exact) mass is 242 g/mol. The van der Waals surface area contributed by atoms with Gasteiger partial charge >= 0.3 is 0 Å². The minimum atomic E-state index is 0.214. The molecule has 1 aromatic heterocycles. The molecule has 0 saturated carbocycles. The first-order valence-electron chi connectivity index (χ1n) is 5.95. The van der Waals surface area contributed by atoms with Gasteiger partial charge in [-0.1, -0.05) is 20.8 Å². The Balaban J connectivity index is 2.31. The molecule has 0 aliphatic carbocycles. The maximum absolute atomic E-state index is 9.02. The summed E-state index contributed by atoms with van der Waals surface area (Å²) in [7, 11) is 0. The van der Waals surface area contributed by atoms with Crippen molar-refractivity contribution in [3.63, 3.8) is 0 Å². The number of hydrogen-bond donors (Lipinski definition) is 2. The first-order valence-corrected chi connectivity index (χ1v) is 6.83. The molecule has 0 aliphatic heterocycles. The van der Waals surface area contributed by atoms with E-state index in [1.165, 1.54) is 10.7 Å². The van der Waals surface area contributed by atoms with Gasteiger partial charge in [0.05, 0.1) is 17.3 Å². The Bertz CT molecular complexity index is 295. The van der Waals surface area contributed by atoms with Crippen molar-refractivity contribution < 1.29 is 5.11 Å². The summed E-state index contributed by atoms with van der Waals surface area (Å²) >= 11 is 1.73. The summed E-state index contributed by atoms with van der Waals surface area (Å²) in [6, 6.07) is 0.226. The van der Waals surface area contributed by atoms with Gasteiger partial charge in [-0.3, -0.25) is 0 Å². The Hall–Kier alpha value is -0.450. The molecule has 1 heterocycles. The van der Waals surface area contributed by atoms with Crippen molar-refractivity contribution >= 4 is 11.3 Å². The van der Waals surface area contributed by atoms with Gasteiger partial charge in [0.2, 0.25) is 0 Å². The molecule has 16 heavy (non-hydrogen) atoms. The molecule has 2 N–H and O–H groups in total. The van der Waals surface area contributed by atoms with Crippen LogP contribution in [0, 0.1) is 0 Å². The fourth-order valence-electron chi connectivity index (χ4n) is 1.43. The predicted octanol–water partition coefficient (Wildman–Crippen LogP) is 2.17. The van der Waals surface area contributed by atoms with E-state index in [2.05, 4.69) is 36.5 Å². The highest BCUT2D eigenvalue weighted by Gasteiger charge is 2.06. The van der Waals surface area contributed by atoms with Gasteiger partial charge < -0.3 is 10.4 Å². The van der Waals surface area contributed by atoms with Gasteiger partial charge in [-0.15, -0.1) is 11.3 Å². The van der Waals surface area contributed by atoms with Crippen LogP contribution >= 0.6 is 11.3 Å². The number of hydrogen-bond acceptors (Lipinski definition) is 4.